The Kier molecular flexibility index (Phi) is 6.11. The zero-order chi connectivity index (χ0) is 17.9. The summed E-state index contributed by atoms with van der Waals surface area (Å²) in [7, 11) is 2.92. The molecule has 0 radical (unpaired) electrons. The zero-order valence-electron chi connectivity index (χ0n) is 13.0. The molecule has 1 aromatic heterocycles. The normalized spacial score (nSPS) is 12.0. The topological polar surface area (TPSA) is 101 Å². The molecule has 0 bridgehead atoms. The fraction of sp³-hybridized carbons (Fsp3) is 0.333. The summed E-state index contributed by atoms with van der Waals surface area (Å²) < 4.78 is 10.3. The van der Waals surface area contributed by atoms with Gasteiger partial charge < -0.3 is 24.9 Å². The van der Waals surface area contributed by atoms with Crippen LogP contribution < -0.4 is 20.3 Å². The van der Waals surface area contributed by atoms with Gasteiger partial charge in [-0.3, -0.25) is 9.59 Å². The van der Waals surface area contributed by atoms with Crippen molar-refractivity contribution in [3.8, 4) is 17.2 Å². The first-order valence-electron chi connectivity index (χ1n) is 6.92. The minimum Gasteiger partial charge on any atom is -0.506 e. The van der Waals surface area contributed by atoms with Crippen molar-refractivity contribution in [1.29, 1.82) is 0 Å². The molecule has 0 aliphatic carbocycles. The Hall–Kier alpha value is -1.74. The first-order valence-corrected chi connectivity index (χ1v) is 8.95. The molecule has 0 fully saturated rings. The van der Waals surface area contributed by atoms with Crippen molar-refractivity contribution in [2.24, 2.45) is 0 Å². The van der Waals surface area contributed by atoms with Crippen LogP contribution in [-0.2, 0) is 0 Å². The number of aromatic hydroxyl groups is 1. The number of carbonyl (C=O) groups is 1. The molecule has 1 amide bonds. The quantitative estimate of drug-likeness (QED) is 0.570. The van der Waals surface area contributed by atoms with E-state index < -0.39 is 17.2 Å². The fourth-order valence-electron chi connectivity index (χ4n) is 2.16. The van der Waals surface area contributed by atoms with Crippen LogP contribution >= 0.6 is 31.9 Å². The molecule has 1 heterocycles. The first kappa shape index (κ1) is 18.6. The van der Waals surface area contributed by atoms with Crippen molar-refractivity contribution in [1.82, 2.24) is 10.3 Å². The van der Waals surface area contributed by atoms with Gasteiger partial charge in [0.15, 0.2) is 11.5 Å². The van der Waals surface area contributed by atoms with E-state index in [1.807, 2.05) is 0 Å². The Morgan fingerprint density at radius 3 is 2.54 bits per heavy atom. The number of ether oxygens (including phenoxy) is 2. The van der Waals surface area contributed by atoms with Crippen LogP contribution in [-0.4, -0.2) is 46.9 Å². The summed E-state index contributed by atoms with van der Waals surface area (Å²) in [6, 6.07) is 3.03. The predicted molar refractivity (Wildman–Crippen MR) is 98.2 cm³/mol. The van der Waals surface area contributed by atoms with Gasteiger partial charge >= 0.3 is 0 Å². The van der Waals surface area contributed by atoms with E-state index in [2.05, 4.69) is 42.2 Å². The number of aromatic amines is 1. The van der Waals surface area contributed by atoms with Crippen LogP contribution in [0.25, 0.3) is 10.9 Å². The maximum Gasteiger partial charge on any atom is 0.265 e. The highest BCUT2D eigenvalue weighted by Gasteiger charge is 2.21. The summed E-state index contributed by atoms with van der Waals surface area (Å²) in [5, 5.41) is 13.9. The molecule has 7 nitrogen and oxygen atoms in total. The number of amides is 1. The first-order chi connectivity index (χ1) is 11.4. The molecular weight excluding hydrogens is 448 g/mol. The number of alkyl halides is 2. The van der Waals surface area contributed by atoms with E-state index >= 15 is 0 Å². The second-order valence-electron chi connectivity index (χ2n) is 4.89. The third kappa shape index (κ3) is 3.67. The molecule has 24 heavy (non-hydrogen) atoms. The number of hydrogen-bond acceptors (Lipinski definition) is 5. The van der Waals surface area contributed by atoms with Gasteiger partial charge in [-0.15, -0.1) is 0 Å². The molecule has 0 saturated heterocycles. The molecule has 1 atom stereocenters. The number of pyridine rings is 1. The summed E-state index contributed by atoms with van der Waals surface area (Å²) in [6.07, 6.45) is 0. The molecular formula is C15H16Br2N2O5. The Morgan fingerprint density at radius 1 is 1.33 bits per heavy atom. The Bertz CT molecular complexity index is 822. The molecule has 3 N–H and O–H groups in total. The van der Waals surface area contributed by atoms with Gasteiger partial charge in [0.25, 0.3) is 11.5 Å². The third-order valence-electron chi connectivity index (χ3n) is 3.37. The SMILES string of the molecule is COc1cc2[nH]c(=O)c(C(=O)NC[C@H](Br)CBr)c(O)c2cc1OC. The van der Waals surface area contributed by atoms with Crippen molar-refractivity contribution in [3.63, 3.8) is 0 Å². The average molecular weight is 464 g/mol. The van der Waals surface area contributed by atoms with Crippen LogP contribution in [0.15, 0.2) is 16.9 Å². The van der Waals surface area contributed by atoms with Gasteiger partial charge in [0.2, 0.25) is 0 Å². The van der Waals surface area contributed by atoms with Gasteiger partial charge in [-0.2, -0.15) is 0 Å². The summed E-state index contributed by atoms with van der Waals surface area (Å²) in [6.45, 7) is 0.299. The average Bonchev–Trinajstić information content (AvgIpc) is 2.58. The maximum absolute atomic E-state index is 12.2. The second kappa shape index (κ2) is 7.89. The largest absolute Gasteiger partial charge is 0.506 e. The van der Waals surface area contributed by atoms with Crippen LogP contribution in [0.2, 0.25) is 0 Å². The Balaban J connectivity index is 2.52. The molecule has 0 saturated carbocycles. The number of carbonyl (C=O) groups excluding carboxylic acids is 1. The molecule has 1 aromatic carbocycles. The molecule has 0 aliphatic rings. The van der Waals surface area contributed by atoms with Crippen molar-refractivity contribution in [2.45, 2.75) is 4.83 Å². The lowest BCUT2D eigenvalue weighted by atomic mass is 10.1. The van der Waals surface area contributed by atoms with E-state index in [4.69, 9.17) is 9.47 Å². The van der Waals surface area contributed by atoms with E-state index in [0.29, 0.717) is 28.9 Å². The molecule has 0 aliphatic heterocycles. The van der Waals surface area contributed by atoms with Gasteiger partial charge in [0, 0.05) is 28.2 Å². The smallest absolute Gasteiger partial charge is 0.265 e. The van der Waals surface area contributed by atoms with Crippen molar-refractivity contribution in [2.75, 3.05) is 26.1 Å². The molecule has 2 rings (SSSR count). The van der Waals surface area contributed by atoms with Crippen LogP contribution in [0, 0.1) is 0 Å². The monoisotopic (exact) mass is 462 g/mol. The van der Waals surface area contributed by atoms with E-state index in [1.165, 1.54) is 26.4 Å². The summed E-state index contributed by atoms with van der Waals surface area (Å²) in [4.78, 5) is 27.0. The lowest BCUT2D eigenvalue weighted by Gasteiger charge is -2.12. The van der Waals surface area contributed by atoms with Gasteiger partial charge in [-0.25, -0.2) is 0 Å². The summed E-state index contributed by atoms with van der Waals surface area (Å²) >= 11 is 6.62. The minimum atomic E-state index is -0.685. The molecule has 2 aromatic rings. The highest BCUT2D eigenvalue weighted by atomic mass is 79.9. The molecule has 0 spiro atoms. The van der Waals surface area contributed by atoms with Gasteiger partial charge in [0.1, 0.15) is 11.3 Å². The Labute approximate surface area is 154 Å². The lowest BCUT2D eigenvalue weighted by molar-refractivity contribution is 0.0950. The number of aromatic nitrogens is 1. The number of benzene rings is 1. The number of fused-ring (bicyclic) bond motifs is 1. The lowest BCUT2D eigenvalue weighted by Crippen LogP contribution is -2.34. The van der Waals surface area contributed by atoms with E-state index in [9.17, 15) is 14.7 Å². The number of H-pyrrole nitrogens is 1. The van der Waals surface area contributed by atoms with Crippen LogP contribution in [0.3, 0.4) is 0 Å². The van der Waals surface area contributed by atoms with E-state index in [-0.39, 0.29) is 15.8 Å². The number of methoxy groups -OCH3 is 2. The summed E-state index contributed by atoms with van der Waals surface area (Å²) in [5.41, 5.74) is -0.691. The molecule has 0 unspecified atom stereocenters. The molecule has 9 heteroatoms. The standard InChI is InChI=1S/C15H16Br2N2O5/c1-23-10-3-8-9(4-11(10)24-2)19-15(22)12(13(8)20)14(21)18-6-7(17)5-16/h3-4,7H,5-6H2,1-2H3,(H,18,21)(H2,19,20,22)/t7-/m1/s1. The highest BCUT2D eigenvalue weighted by molar-refractivity contribution is 9.12. The van der Waals surface area contributed by atoms with Crippen LogP contribution in [0.5, 0.6) is 17.2 Å². The third-order valence-corrected chi connectivity index (χ3v) is 5.67. The van der Waals surface area contributed by atoms with Crippen molar-refractivity contribution < 1.29 is 19.4 Å². The number of nitrogens with one attached hydrogen (secondary N) is 2. The number of rotatable bonds is 6. The fourth-order valence-corrected chi connectivity index (χ4v) is 2.55. The van der Waals surface area contributed by atoms with E-state index in [1.54, 1.807) is 0 Å². The van der Waals surface area contributed by atoms with Gasteiger partial charge in [-0.1, -0.05) is 31.9 Å². The van der Waals surface area contributed by atoms with Crippen LogP contribution in [0.1, 0.15) is 10.4 Å². The van der Waals surface area contributed by atoms with Crippen LogP contribution in [0.4, 0.5) is 0 Å². The maximum atomic E-state index is 12.2. The minimum absolute atomic E-state index is 0.00693. The van der Waals surface area contributed by atoms with Crippen molar-refractivity contribution in [3.05, 3.63) is 28.0 Å². The Morgan fingerprint density at radius 2 is 1.96 bits per heavy atom. The number of halogens is 2. The van der Waals surface area contributed by atoms with Gasteiger partial charge in [0.05, 0.1) is 19.7 Å². The zero-order valence-corrected chi connectivity index (χ0v) is 16.2. The molecule has 130 valence electrons. The van der Waals surface area contributed by atoms with Gasteiger partial charge in [-0.05, 0) is 6.07 Å². The second-order valence-corrected chi connectivity index (χ2v) is 6.83. The van der Waals surface area contributed by atoms with Crippen molar-refractivity contribution >= 4 is 48.7 Å². The summed E-state index contributed by atoms with van der Waals surface area (Å²) in [5.74, 6) is -0.289. The highest BCUT2D eigenvalue weighted by Crippen LogP contribution is 2.35. The predicted octanol–water partition coefficient (Wildman–Crippen LogP) is 2.14. The number of hydrogen-bond donors (Lipinski definition) is 3. The van der Waals surface area contributed by atoms with E-state index in [0.717, 1.165) is 0 Å².